The van der Waals surface area contributed by atoms with Gasteiger partial charge in [-0.1, -0.05) is 6.92 Å². The summed E-state index contributed by atoms with van der Waals surface area (Å²) in [4.78, 5) is 0. The van der Waals surface area contributed by atoms with Crippen LogP contribution in [0.15, 0.2) is 12.3 Å². The first-order chi connectivity index (χ1) is 8.45. The van der Waals surface area contributed by atoms with Gasteiger partial charge in [-0.2, -0.15) is 5.10 Å². The molecule has 0 amide bonds. The summed E-state index contributed by atoms with van der Waals surface area (Å²) in [6.45, 7) is 5.28. The molecule has 0 saturated heterocycles. The van der Waals surface area contributed by atoms with E-state index in [1.54, 1.807) is 11.6 Å². The van der Waals surface area contributed by atoms with Gasteiger partial charge in [0.15, 0.2) is 0 Å². The molecule has 1 unspecified atom stereocenters. The van der Waals surface area contributed by atoms with E-state index in [-0.39, 0.29) is 0 Å². The van der Waals surface area contributed by atoms with E-state index in [0.717, 1.165) is 12.2 Å². The van der Waals surface area contributed by atoms with Crippen molar-refractivity contribution >= 4 is 10.0 Å². The van der Waals surface area contributed by atoms with Crippen LogP contribution in [0.4, 0.5) is 0 Å². The molecule has 0 aliphatic heterocycles. The Kier molecular flexibility index (Phi) is 5.77. The van der Waals surface area contributed by atoms with Gasteiger partial charge in [0.05, 0.1) is 10.9 Å². The maximum Gasteiger partial charge on any atom is 0.215 e. The fourth-order valence-electron chi connectivity index (χ4n) is 1.52. The van der Waals surface area contributed by atoms with Gasteiger partial charge in [0.25, 0.3) is 0 Å². The zero-order chi connectivity index (χ0) is 13.6. The number of sulfonamides is 1. The van der Waals surface area contributed by atoms with Crippen LogP contribution in [0.3, 0.4) is 0 Å². The number of hydrogen-bond donors (Lipinski definition) is 2. The topological polar surface area (TPSA) is 76.0 Å². The Morgan fingerprint density at radius 1 is 1.50 bits per heavy atom. The lowest BCUT2D eigenvalue weighted by Gasteiger charge is -2.13. The molecule has 0 fully saturated rings. The van der Waals surface area contributed by atoms with E-state index >= 15 is 0 Å². The number of nitrogens with zero attached hydrogens (tertiary/aromatic N) is 2. The lowest BCUT2D eigenvalue weighted by molar-refractivity contribution is 0.559. The van der Waals surface area contributed by atoms with Gasteiger partial charge in [0, 0.05) is 32.8 Å². The smallest absolute Gasteiger partial charge is 0.215 e. The van der Waals surface area contributed by atoms with Crippen LogP contribution >= 0.6 is 0 Å². The summed E-state index contributed by atoms with van der Waals surface area (Å²) >= 11 is 0. The van der Waals surface area contributed by atoms with Gasteiger partial charge in [-0.3, -0.25) is 4.68 Å². The highest BCUT2D eigenvalue weighted by molar-refractivity contribution is 7.90. The van der Waals surface area contributed by atoms with Crippen molar-refractivity contribution in [1.29, 1.82) is 0 Å². The third kappa shape index (κ3) is 4.75. The summed E-state index contributed by atoms with van der Waals surface area (Å²) < 4.78 is 28.0. The van der Waals surface area contributed by atoms with Crippen LogP contribution in [0, 0.1) is 0 Å². The minimum absolute atomic E-state index is 0.385. The van der Waals surface area contributed by atoms with Crippen LogP contribution in [0.2, 0.25) is 0 Å². The molecule has 1 aromatic heterocycles. The van der Waals surface area contributed by atoms with E-state index in [1.165, 1.54) is 0 Å². The Morgan fingerprint density at radius 2 is 2.22 bits per heavy atom. The summed E-state index contributed by atoms with van der Waals surface area (Å²) in [6.07, 6.45) is 2.45. The van der Waals surface area contributed by atoms with Crippen LogP contribution in [-0.4, -0.2) is 43.1 Å². The molecule has 104 valence electrons. The van der Waals surface area contributed by atoms with Crippen LogP contribution in [0.5, 0.6) is 0 Å². The fourth-order valence-corrected chi connectivity index (χ4v) is 2.53. The van der Waals surface area contributed by atoms with Crippen LogP contribution < -0.4 is 10.0 Å². The van der Waals surface area contributed by atoms with Crippen molar-refractivity contribution in [3.05, 3.63) is 18.0 Å². The van der Waals surface area contributed by atoms with E-state index in [2.05, 4.69) is 15.1 Å². The normalized spacial score (nSPS) is 13.7. The third-order valence-electron chi connectivity index (χ3n) is 2.66. The van der Waals surface area contributed by atoms with Crippen molar-refractivity contribution < 1.29 is 8.42 Å². The van der Waals surface area contributed by atoms with Crippen molar-refractivity contribution in [2.45, 2.75) is 25.5 Å². The summed E-state index contributed by atoms with van der Waals surface area (Å²) in [5.74, 6) is 0. The molecule has 0 spiro atoms. The van der Waals surface area contributed by atoms with Crippen LogP contribution in [-0.2, 0) is 23.5 Å². The lowest BCUT2D eigenvalue weighted by Crippen LogP contribution is -2.39. The minimum atomic E-state index is -3.24. The zero-order valence-corrected chi connectivity index (χ0v) is 12.0. The fraction of sp³-hybridized carbons (Fsp3) is 0.727. The van der Waals surface area contributed by atoms with E-state index < -0.39 is 15.3 Å². The predicted molar refractivity (Wildman–Crippen MR) is 71.8 cm³/mol. The molecule has 0 aliphatic carbocycles. The van der Waals surface area contributed by atoms with Crippen molar-refractivity contribution in [3.8, 4) is 0 Å². The van der Waals surface area contributed by atoms with Gasteiger partial charge in [-0.25, -0.2) is 13.1 Å². The van der Waals surface area contributed by atoms with Crippen molar-refractivity contribution in [3.63, 3.8) is 0 Å². The predicted octanol–water partition coefficient (Wildman–Crippen LogP) is -0.120. The van der Waals surface area contributed by atoms with Gasteiger partial charge >= 0.3 is 0 Å². The standard InChI is InChI=1S/C11H22N4O2S/c1-4-12-9-10(2)18(16,17)13-7-5-11-6-8-15(3)14-11/h6,8,10,12-13H,4-5,7,9H2,1-3H3. The molecule has 1 aromatic rings. The van der Waals surface area contributed by atoms with Gasteiger partial charge in [-0.05, 0) is 19.5 Å². The molecular weight excluding hydrogens is 252 g/mol. The summed E-state index contributed by atoms with van der Waals surface area (Å²) in [5.41, 5.74) is 0.888. The Balaban J connectivity index is 2.37. The first kappa shape index (κ1) is 15.1. The quantitative estimate of drug-likeness (QED) is 0.693. The van der Waals surface area contributed by atoms with Gasteiger partial charge in [0.1, 0.15) is 0 Å². The van der Waals surface area contributed by atoms with E-state index in [4.69, 9.17) is 0 Å². The van der Waals surface area contributed by atoms with Gasteiger partial charge in [0.2, 0.25) is 10.0 Å². The molecule has 6 nitrogen and oxygen atoms in total. The Hall–Kier alpha value is -0.920. The van der Waals surface area contributed by atoms with E-state index in [9.17, 15) is 8.42 Å². The SMILES string of the molecule is CCNCC(C)S(=O)(=O)NCCc1ccn(C)n1. The average molecular weight is 274 g/mol. The molecule has 1 atom stereocenters. The first-order valence-corrected chi connectivity index (χ1v) is 7.68. The molecule has 2 N–H and O–H groups in total. The average Bonchev–Trinajstić information content (AvgIpc) is 2.71. The van der Waals surface area contributed by atoms with Crippen molar-refractivity contribution in [2.24, 2.45) is 7.05 Å². The number of rotatable bonds is 8. The lowest BCUT2D eigenvalue weighted by atomic mass is 10.3. The maximum absolute atomic E-state index is 11.9. The number of nitrogens with one attached hydrogen (secondary N) is 2. The molecule has 1 heterocycles. The Labute approximate surface area is 109 Å². The summed E-state index contributed by atoms with van der Waals surface area (Å²) in [6, 6.07) is 1.89. The van der Waals surface area contributed by atoms with Crippen LogP contribution in [0.25, 0.3) is 0 Å². The molecule has 0 radical (unpaired) electrons. The van der Waals surface area contributed by atoms with E-state index in [1.807, 2.05) is 26.2 Å². The molecule has 0 bridgehead atoms. The molecule has 7 heteroatoms. The third-order valence-corrected chi connectivity index (χ3v) is 4.50. The van der Waals surface area contributed by atoms with E-state index in [0.29, 0.717) is 19.5 Å². The molecular formula is C11H22N4O2S. The Morgan fingerprint density at radius 3 is 2.78 bits per heavy atom. The second-order valence-corrected chi connectivity index (χ2v) is 6.47. The Bertz CT molecular complexity index is 455. The summed E-state index contributed by atoms with van der Waals surface area (Å²) in [5, 5.41) is 6.80. The first-order valence-electron chi connectivity index (χ1n) is 6.13. The number of hydrogen-bond acceptors (Lipinski definition) is 4. The second-order valence-electron chi connectivity index (χ2n) is 4.29. The molecule has 0 aliphatic rings. The maximum atomic E-state index is 11.9. The molecule has 0 saturated carbocycles. The van der Waals surface area contributed by atoms with Crippen molar-refractivity contribution in [1.82, 2.24) is 19.8 Å². The largest absolute Gasteiger partial charge is 0.316 e. The highest BCUT2D eigenvalue weighted by Crippen LogP contribution is 1.99. The molecule has 1 rings (SSSR count). The minimum Gasteiger partial charge on any atom is -0.316 e. The summed E-state index contributed by atoms with van der Waals surface area (Å²) in [7, 11) is -1.40. The van der Waals surface area contributed by atoms with Crippen LogP contribution in [0.1, 0.15) is 19.5 Å². The number of aryl methyl sites for hydroxylation is 1. The molecule has 0 aromatic carbocycles. The highest BCUT2D eigenvalue weighted by Gasteiger charge is 2.19. The van der Waals surface area contributed by atoms with Crippen molar-refractivity contribution in [2.75, 3.05) is 19.6 Å². The monoisotopic (exact) mass is 274 g/mol. The highest BCUT2D eigenvalue weighted by atomic mass is 32.2. The second kappa shape index (κ2) is 6.86. The molecule has 18 heavy (non-hydrogen) atoms. The van der Waals surface area contributed by atoms with Gasteiger partial charge < -0.3 is 5.32 Å². The zero-order valence-electron chi connectivity index (χ0n) is 11.2. The number of aromatic nitrogens is 2. The van der Waals surface area contributed by atoms with Gasteiger partial charge in [-0.15, -0.1) is 0 Å².